The average molecular weight is 379 g/mol. The lowest BCUT2D eigenvalue weighted by Crippen LogP contribution is -2.28. The van der Waals surface area contributed by atoms with Crippen molar-refractivity contribution in [2.24, 2.45) is 0 Å². The molecule has 6 nitrogen and oxygen atoms in total. The lowest BCUT2D eigenvalue weighted by molar-refractivity contribution is 0.0697. The van der Waals surface area contributed by atoms with Crippen molar-refractivity contribution in [2.45, 2.75) is 32.7 Å². The number of carboxylic acid groups (broad SMARTS) is 1. The Morgan fingerprint density at radius 2 is 1.71 bits per heavy atom. The van der Waals surface area contributed by atoms with Crippen molar-refractivity contribution >= 4 is 5.97 Å². The standard InChI is InChI=1S/C22H25N3O3/c1-2-25-15-20(12-23-25)21(26)16-24(13-17-6-4-3-5-7-17)14-18-8-10-19(11-9-18)22(27)28/h3-12,15,21,26H,2,13-14,16H2,1H3,(H,27,28). The van der Waals surface area contributed by atoms with Crippen LogP contribution in [-0.2, 0) is 19.6 Å². The van der Waals surface area contributed by atoms with Crippen LogP contribution in [0.5, 0.6) is 0 Å². The van der Waals surface area contributed by atoms with Gasteiger partial charge in [0.1, 0.15) is 0 Å². The SMILES string of the molecule is CCn1cc(C(O)CN(Cc2ccccc2)Cc2ccc(C(=O)O)cc2)cn1. The molecule has 0 saturated heterocycles. The summed E-state index contributed by atoms with van der Waals surface area (Å²) >= 11 is 0. The summed E-state index contributed by atoms with van der Waals surface area (Å²) in [4.78, 5) is 13.2. The number of rotatable bonds is 9. The number of aryl methyl sites for hydroxylation is 1. The zero-order chi connectivity index (χ0) is 19.9. The molecule has 28 heavy (non-hydrogen) atoms. The molecule has 3 aromatic rings. The lowest BCUT2D eigenvalue weighted by Gasteiger charge is -2.25. The Morgan fingerprint density at radius 3 is 2.29 bits per heavy atom. The first-order valence-corrected chi connectivity index (χ1v) is 9.34. The highest BCUT2D eigenvalue weighted by Gasteiger charge is 2.16. The fourth-order valence-electron chi connectivity index (χ4n) is 3.11. The third-order valence-corrected chi connectivity index (χ3v) is 4.65. The summed E-state index contributed by atoms with van der Waals surface area (Å²) in [7, 11) is 0. The monoisotopic (exact) mass is 379 g/mol. The van der Waals surface area contributed by atoms with Crippen LogP contribution in [0.3, 0.4) is 0 Å². The number of aromatic nitrogens is 2. The molecule has 0 radical (unpaired) electrons. The largest absolute Gasteiger partial charge is 0.478 e. The van der Waals surface area contributed by atoms with Gasteiger partial charge in [-0.15, -0.1) is 0 Å². The van der Waals surface area contributed by atoms with Crippen molar-refractivity contribution in [1.82, 2.24) is 14.7 Å². The van der Waals surface area contributed by atoms with Crippen molar-refractivity contribution in [2.75, 3.05) is 6.54 Å². The molecule has 146 valence electrons. The third-order valence-electron chi connectivity index (χ3n) is 4.65. The number of aliphatic hydroxyl groups excluding tert-OH is 1. The van der Waals surface area contributed by atoms with Gasteiger partial charge in [-0.2, -0.15) is 5.10 Å². The maximum Gasteiger partial charge on any atom is 0.335 e. The molecule has 3 rings (SSSR count). The van der Waals surface area contributed by atoms with Crippen molar-refractivity contribution < 1.29 is 15.0 Å². The molecule has 0 spiro atoms. The second-order valence-corrected chi connectivity index (χ2v) is 6.80. The van der Waals surface area contributed by atoms with E-state index in [4.69, 9.17) is 5.11 Å². The lowest BCUT2D eigenvalue weighted by atomic mass is 10.1. The van der Waals surface area contributed by atoms with Crippen molar-refractivity contribution in [1.29, 1.82) is 0 Å². The van der Waals surface area contributed by atoms with E-state index in [1.165, 1.54) is 0 Å². The summed E-state index contributed by atoms with van der Waals surface area (Å²) in [5, 5.41) is 24.0. The summed E-state index contributed by atoms with van der Waals surface area (Å²) in [5.41, 5.74) is 3.21. The topological polar surface area (TPSA) is 78.6 Å². The van der Waals surface area contributed by atoms with E-state index in [-0.39, 0.29) is 5.56 Å². The molecular formula is C22H25N3O3. The van der Waals surface area contributed by atoms with Gasteiger partial charge in [-0.25, -0.2) is 4.79 Å². The number of benzene rings is 2. The smallest absolute Gasteiger partial charge is 0.335 e. The van der Waals surface area contributed by atoms with Crippen LogP contribution in [0.2, 0.25) is 0 Å². The van der Waals surface area contributed by atoms with Crippen LogP contribution >= 0.6 is 0 Å². The fourth-order valence-corrected chi connectivity index (χ4v) is 3.11. The normalized spacial score (nSPS) is 12.2. The van der Waals surface area contributed by atoms with Gasteiger partial charge in [-0.3, -0.25) is 9.58 Å². The summed E-state index contributed by atoms with van der Waals surface area (Å²) in [5.74, 6) is -0.934. The quantitative estimate of drug-likeness (QED) is 0.596. The van der Waals surface area contributed by atoms with Gasteiger partial charge in [0.25, 0.3) is 0 Å². The summed E-state index contributed by atoms with van der Waals surface area (Å²) in [6, 6.07) is 17.0. The molecule has 0 saturated carbocycles. The Labute approximate surface area is 164 Å². The fraction of sp³-hybridized carbons (Fsp3) is 0.273. The van der Waals surface area contributed by atoms with E-state index in [1.807, 2.05) is 43.5 Å². The molecule has 6 heteroatoms. The zero-order valence-electron chi connectivity index (χ0n) is 15.9. The highest BCUT2D eigenvalue weighted by Crippen LogP contribution is 2.18. The van der Waals surface area contributed by atoms with Crippen LogP contribution in [-0.4, -0.2) is 37.4 Å². The Morgan fingerprint density at radius 1 is 1.07 bits per heavy atom. The van der Waals surface area contributed by atoms with Crippen LogP contribution in [0.4, 0.5) is 0 Å². The number of hydrogen-bond donors (Lipinski definition) is 2. The molecule has 0 bridgehead atoms. The average Bonchev–Trinajstić information content (AvgIpc) is 3.18. The Hall–Kier alpha value is -2.96. The molecule has 0 fully saturated rings. The highest BCUT2D eigenvalue weighted by molar-refractivity contribution is 5.87. The van der Waals surface area contributed by atoms with Gasteiger partial charge >= 0.3 is 5.97 Å². The predicted molar refractivity (Wildman–Crippen MR) is 107 cm³/mol. The minimum absolute atomic E-state index is 0.269. The van der Waals surface area contributed by atoms with E-state index >= 15 is 0 Å². The molecule has 0 aliphatic heterocycles. The van der Waals surface area contributed by atoms with Crippen LogP contribution in [0, 0.1) is 0 Å². The van der Waals surface area contributed by atoms with E-state index in [2.05, 4.69) is 22.1 Å². The molecule has 2 N–H and O–H groups in total. The second kappa shape index (κ2) is 9.30. The number of aromatic carboxylic acids is 1. The van der Waals surface area contributed by atoms with Crippen molar-refractivity contribution in [3.05, 3.63) is 89.2 Å². The number of nitrogens with zero attached hydrogens (tertiary/aromatic N) is 3. The molecule has 1 aromatic heterocycles. The number of carboxylic acids is 1. The first kappa shape index (κ1) is 19.8. The minimum atomic E-state index is -0.934. The number of carbonyl (C=O) groups is 1. The van der Waals surface area contributed by atoms with Crippen LogP contribution < -0.4 is 0 Å². The predicted octanol–water partition coefficient (Wildman–Crippen LogP) is 3.34. The van der Waals surface area contributed by atoms with Gasteiger partial charge in [-0.05, 0) is 30.2 Å². The molecule has 1 unspecified atom stereocenters. The Bertz CT molecular complexity index is 891. The molecule has 1 heterocycles. The molecular weight excluding hydrogens is 354 g/mol. The van der Waals surface area contributed by atoms with Gasteiger partial charge in [0.05, 0.1) is 17.9 Å². The van der Waals surface area contributed by atoms with Crippen molar-refractivity contribution in [3.63, 3.8) is 0 Å². The van der Waals surface area contributed by atoms with E-state index in [0.29, 0.717) is 19.6 Å². The Balaban J connectivity index is 1.74. The van der Waals surface area contributed by atoms with Crippen molar-refractivity contribution in [3.8, 4) is 0 Å². The maximum absolute atomic E-state index is 11.1. The summed E-state index contributed by atoms with van der Waals surface area (Å²) in [6.07, 6.45) is 2.92. The van der Waals surface area contributed by atoms with Gasteiger partial charge in [0, 0.05) is 37.9 Å². The first-order chi connectivity index (χ1) is 13.5. The van der Waals surface area contributed by atoms with Gasteiger partial charge in [0.15, 0.2) is 0 Å². The molecule has 0 amide bonds. The minimum Gasteiger partial charge on any atom is -0.478 e. The molecule has 2 aromatic carbocycles. The molecule has 0 aliphatic carbocycles. The summed E-state index contributed by atoms with van der Waals surface area (Å²) in [6.45, 7) is 4.50. The molecule has 0 aliphatic rings. The highest BCUT2D eigenvalue weighted by atomic mass is 16.4. The first-order valence-electron chi connectivity index (χ1n) is 9.34. The molecule has 1 atom stereocenters. The summed E-state index contributed by atoms with van der Waals surface area (Å²) < 4.78 is 1.80. The van der Waals surface area contributed by atoms with E-state index in [0.717, 1.165) is 23.2 Å². The van der Waals surface area contributed by atoms with Crippen LogP contribution in [0.25, 0.3) is 0 Å². The van der Waals surface area contributed by atoms with Gasteiger partial charge in [0.2, 0.25) is 0 Å². The van der Waals surface area contributed by atoms with Crippen LogP contribution in [0.1, 0.15) is 40.1 Å². The van der Waals surface area contributed by atoms with E-state index < -0.39 is 12.1 Å². The maximum atomic E-state index is 11.1. The second-order valence-electron chi connectivity index (χ2n) is 6.80. The van der Waals surface area contributed by atoms with Gasteiger partial charge < -0.3 is 10.2 Å². The Kier molecular flexibility index (Phi) is 6.57. The zero-order valence-corrected chi connectivity index (χ0v) is 15.9. The van der Waals surface area contributed by atoms with E-state index in [1.54, 1.807) is 23.0 Å². The number of hydrogen-bond acceptors (Lipinski definition) is 4. The third kappa shape index (κ3) is 5.28. The van der Waals surface area contributed by atoms with E-state index in [9.17, 15) is 9.90 Å². The van der Waals surface area contributed by atoms with Crippen LogP contribution in [0.15, 0.2) is 67.0 Å². The number of aliphatic hydroxyl groups is 1. The van der Waals surface area contributed by atoms with Gasteiger partial charge in [-0.1, -0.05) is 42.5 Å².